The summed E-state index contributed by atoms with van der Waals surface area (Å²) in [4.78, 5) is 9.40. The Balaban J connectivity index is 1.81. The second-order valence-electron chi connectivity index (χ2n) is 5.29. The van der Waals surface area contributed by atoms with Crippen LogP contribution in [-0.2, 0) is 24.2 Å². The second kappa shape index (κ2) is 5.00. The largest absolute Gasteiger partial charge is 0.493 e. The van der Waals surface area contributed by atoms with Crippen LogP contribution < -0.4 is 10.1 Å². The Morgan fingerprint density at radius 3 is 3.00 bits per heavy atom. The minimum Gasteiger partial charge on any atom is -0.493 e. The van der Waals surface area contributed by atoms with Crippen LogP contribution in [0.4, 0.5) is 5.82 Å². The molecule has 2 aliphatic heterocycles. The summed E-state index contributed by atoms with van der Waals surface area (Å²) in [6, 6.07) is 6.19. The van der Waals surface area contributed by atoms with Crippen LogP contribution in [0, 0.1) is 0 Å². The minimum absolute atomic E-state index is 0.587. The van der Waals surface area contributed by atoms with E-state index in [0.29, 0.717) is 6.61 Å². The second-order valence-corrected chi connectivity index (χ2v) is 5.29. The van der Waals surface area contributed by atoms with Crippen LogP contribution in [0.1, 0.15) is 16.8 Å². The van der Waals surface area contributed by atoms with Crippen molar-refractivity contribution < 1.29 is 9.47 Å². The van der Waals surface area contributed by atoms with Crippen LogP contribution in [0.25, 0.3) is 11.4 Å². The summed E-state index contributed by atoms with van der Waals surface area (Å²) in [5, 5.41) is 3.16. The highest BCUT2D eigenvalue weighted by molar-refractivity contribution is 5.63. The van der Waals surface area contributed by atoms with E-state index in [1.165, 1.54) is 5.56 Å². The summed E-state index contributed by atoms with van der Waals surface area (Å²) in [6.45, 7) is 2.08. The number of anilines is 1. The molecular weight excluding hydrogens is 266 g/mol. The number of ether oxygens (including phenoxy) is 2. The first-order chi connectivity index (χ1) is 10.3. The van der Waals surface area contributed by atoms with Crippen LogP contribution in [0.2, 0.25) is 0 Å². The van der Waals surface area contributed by atoms with E-state index < -0.39 is 0 Å². The van der Waals surface area contributed by atoms with Crippen LogP contribution in [0.3, 0.4) is 0 Å². The number of nitrogens with zero attached hydrogens (tertiary/aromatic N) is 2. The molecule has 0 saturated heterocycles. The molecule has 2 aromatic rings. The van der Waals surface area contributed by atoms with Crippen molar-refractivity contribution in [3.05, 3.63) is 35.0 Å². The lowest BCUT2D eigenvalue weighted by molar-refractivity contribution is 0.109. The summed E-state index contributed by atoms with van der Waals surface area (Å²) >= 11 is 0. The molecule has 0 unspecified atom stereocenters. The SMILES string of the molecule is CNc1nc(-c2ccc3c(c2)CCO3)nc2c1COCC2. The number of hydrogen-bond donors (Lipinski definition) is 1. The first kappa shape index (κ1) is 12.6. The maximum atomic E-state index is 5.56. The maximum absolute atomic E-state index is 5.56. The maximum Gasteiger partial charge on any atom is 0.161 e. The van der Waals surface area contributed by atoms with E-state index in [1.54, 1.807) is 0 Å². The molecule has 0 spiro atoms. The molecule has 0 bridgehead atoms. The summed E-state index contributed by atoms with van der Waals surface area (Å²) < 4.78 is 11.1. The molecule has 5 heteroatoms. The molecule has 1 N–H and O–H groups in total. The number of fused-ring (bicyclic) bond motifs is 2. The Morgan fingerprint density at radius 1 is 1.14 bits per heavy atom. The van der Waals surface area contributed by atoms with Gasteiger partial charge in [-0.1, -0.05) is 0 Å². The topological polar surface area (TPSA) is 56.3 Å². The lowest BCUT2D eigenvalue weighted by Crippen LogP contribution is -2.16. The van der Waals surface area contributed by atoms with Gasteiger partial charge < -0.3 is 14.8 Å². The molecule has 4 rings (SSSR count). The van der Waals surface area contributed by atoms with E-state index in [1.807, 2.05) is 19.2 Å². The Kier molecular flexibility index (Phi) is 3.00. The van der Waals surface area contributed by atoms with Gasteiger partial charge in [-0.2, -0.15) is 0 Å². The number of aromatic nitrogens is 2. The average molecular weight is 283 g/mol. The monoisotopic (exact) mass is 283 g/mol. The van der Waals surface area contributed by atoms with Gasteiger partial charge in [0, 0.05) is 31.0 Å². The molecular formula is C16H17N3O2. The fourth-order valence-electron chi connectivity index (χ4n) is 2.89. The Bertz CT molecular complexity index is 683. The quantitative estimate of drug-likeness (QED) is 0.915. The molecule has 108 valence electrons. The molecule has 2 aliphatic rings. The third-order valence-electron chi connectivity index (χ3n) is 4.01. The van der Waals surface area contributed by atoms with Crippen LogP contribution in [-0.4, -0.2) is 30.2 Å². The fourth-order valence-corrected chi connectivity index (χ4v) is 2.89. The molecule has 21 heavy (non-hydrogen) atoms. The highest BCUT2D eigenvalue weighted by Gasteiger charge is 2.19. The smallest absolute Gasteiger partial charge is 0.161 e. The Morgan fingerprint density at radius 2 is 2.10 bits per heavy atom. The van der Waals surface area contributed by atoms with Crippen molar-refractivity contribution >= 4 is 5.82 Å². The average Bonchev–Trinajstić information content (AvgIpc) is 3.01. The molecule has 0 aliphatic carbocycles. The third kappa shape index (κ3) is 2.14. The van der Waals surface area contributed by atoms with E-state index in [2.05, 4.69) is 16.4 Å². The highest BCUT2D eigenvalue weighted by atomic mass is 16.5. The summed E-state index contributed by atoms with van der Waals surface area (Å²) in [5.74, 6) is 2.63. The number of benzene rings is 1. The fraction of sp³-hybridized carbons (Fsp3) is 0.375. The number of hydrogen-bond acceptors (Lipinski definition) is 5. The molecule has 3 heterocycles. The van der Waals surface area contributed by atoms with Crippen LogP contribution in [0.5, 0.6) is 5.75 Å². The first-order valence-corrected chi connectivity index (χ1v) is 7.26. The zero-order valence-corrected chi connectivity index (χ0v) is 12.0. The standard InChI is InChI=1S/C16H17N3O2/c1-17-16-12-9-20-6-5-13(12)18-15(19-16)11-2-3-14-10(8-11)4-7-21-14/h2-3,8H,4-7,9H2,1H3,(H,17,18,19). The highest BCUT2D eigenvalue weighted by Crippen LogP contribution is 2.31. The lowest BCUT2D eigenvalue weighted by atomic mass is 10.1. The summed E-state index contributed by atoms with van der Waals surface area (Å²) in [7, 11) is 1.89. The Labute approximate surface area is 123 Å². The van der Waals surface area contributed by atoms with Crippen LogP contribution >= 0.6 is 0 Å². The first-order valence-electron chi connectivity index (χ1n) is 7.26. The molecule has 0 saturated carbocycles. The van der Waals surface area contributed by atoms with Crippen molar-refractivity contribution in [1.29, 1.82) is 0 Å². The van der Waals surface area contributed by atoms with Gasteiger partial charge in [-0.25, -0.2) is 9.97 Å². The molecule has 5 nitrogen and oxygen atoms in total. The van der Waals surface area contributed by atoms with Gasteiger partial charge >= 0.3 is 0 Å². The van der Waals surface area contributed by atoms with Crippen molar-refractivity contribution in [2.45, 2.75) is 19.4 Å². The van der Waals surface area contributed by atoms with E-state index in [9.17, 15) is 0 Å². The summed E-state index contributed by atoms with van der Waals surface area (Å²) in [5.41, 5.74) is 4.46. The molecule has 1 aromatic heterocycles. The van der Waals surface area contributed by atoms with Crippen molar-refractivity contribution in [3.8, 4) is 17.1 Å². The molecule has 0 atom stereocenters. The third-order valence-corrected chi connectivity index (χ3v) is 4.01. The summed E-state index contributed by atoms with van der Waals surface area (Å²) in [6.07, 6.45) is 1.80. The number of nitrogens with one attached hydrogen (secondary N) is 1. The minimum atomic E-state index is 0.587. The normalized spacial score (nSPS) is 16.0. The number of rotatable bonds is 2. The van der Waals surface area contributed by atoms with E-state index in [0.717, 1.165) is 60.3 Å². The molecule has 1 aromatic carbocycles. The van der Waals surface area contributed by atoms with Gasteiger partial charge in [-0.05, 0) is 23.8 Å². The zero-order chi connectivity index (χ0) is 14.2. The van der Waals surface area contributed by atoms with Crippen molar-refractivity contribution in [1.82, 2.24) is 9.97 Å². The Hall–Kier alpha value is -2.14. The van der Waals surface area contributed by atoms with Gasteiger partial charge in [0.2, 0.25) is 0 Å². The van der Waals surface area contributed by atoms with E-state index in [-0.39, 0.29) is 0 Å². The van der Waals surface area contributed by atoms with Crippen molar-refractivity contribution in [2.75, 3.05) is 25.6 Å². The molecule has 0 radical (unpaired) electrons. The predicted molar refractivity (Wildman–Crippen MR) is 79.6 cm³/mol. The molecule has 0 amide bonds. The van der Waals surface area contributed by atoms with E-state index in [4.69, 9.17) is 14.5 Å². The van der Waals surface area contributed by atoms with Gasteiger partial charge in [0.15, 0.2) is 5.82 Å². The van der Waals surface area contributed by atoms with Gasteiger partial charge in [-0.3, -0.25) is 0 Å². The van der Waals surface area contributed by atoms with Crippen LogP contribution in [0.15, 0.2) is 18.2 Å². The van der Waals surface area contributed by atoms with Gasteiger partial charge in [-0.15, -0.1) is 0 Å². The van der Waals surface area contributed by atoms with Gasteiger partial charge in [0.05, 0.1) is 25.5 Å². The van der Waals surface area contributed by atoms with Gasteiger partial charge in [0.1, 0.15) is 11.6 Å². The molecule has 0 fully saturated rings. The van der Waals surface area contributed by atoms with E-state index >= 15 is 0 Å². The van der Waals surface area contributed by atoms with Crippen molar-refractivity contribution in [3.63, 3.8) is 0 Å². The lowest BCUT2D eigenvalue weighted by Gasteiger charge is -2.19. The van der Waals surface area contributed by atoms with Gasteiger partial charge in [0.25, 0.3) is 0 Å². The zero-order valence-electron chi connectivity index (χ0n) is 12.0. The van der Waals surface area contributed by atoms with Crippen molar-refractivity contribution in [2.24, 2.45) is 0 Å². The predicted octanol–water partition coefficient (Wildman–Crippen LogP) is 2.19.